The van der Waals surface area contributed by atoms with Crippen LogP contribution in [0.2, 0.25) is 0 Å². The molecule has 0 spiro atoms. The van der Waals surface area contributed by atoms with Crippen LogP contribution in [0, 0.1) is 18.3 Å². The van der Waals surface area contributed by atoms with Gasteiger partial charge in [0.15, 0.2) is 5.82 Å². The van der Waals surface area contributed by atoms with Gasteiger partial charge in [0, 0.05) is 18.2 Å². The molecule has 0 bridgehead atoms. The molecule has 1 aromatic heterocycles. The lowest BCUT2D eigenvalue weighted by Crippen LogP contribution is -2.48. The number of aryl methyl sites for hydroxylation is 1. The molecule has 9 nitrogen and oxygen atoms in total. The minimum atomic E-state index is -0.753. The highest BCUT2D eigenvalue weighted by Gasteiger charge is 2.20. The number of ether oxygens (including phenoxy) is 2. The second-order valence-electron chi connectivity index (χ2n) is 8.12. The van der Waals surface area contributed by atoms with Crippen molar-refractivity contribution in [3.05, 3.63) is 41.5 Å². The smallest absolute Gasteiger partial charge is 0.233 e. The van der Waals surface area contributed by atoms with Gasteiger partial charge in [0.05, 0.1) is 11.6 Å². The number of rotatable bonds is 11. The molecule has 0 amide bonds. The van der Waals surface area contributed by atoms with Crippen molar-refractivity contribution in [2.75, 3.05) is 19.8 Å². The molecule has 0 aliphatic carbocycles. The van der Waals surface area contributed by atoms with Crippen molar-refractivity contribution in [2.24, 2.45) is 10.2 Å². The van der Waals surface area contributed by atoms with Gasteiger partial charge in [-0.1, -0.05) is 12.1 Å². The van der Waals surface area contributed by atoms with E-state index in [1.807, 2.05) is 46.8 Å². The van der Waals surface area contributed by atoms with Gasteiger partial charge in [-0.3, -0.25) is 0 Å². The van der Waals surface area contributed by atoms with Crippen LogP contribution in [0.1, 0.15) is 38.8 Å². The van der Waals surface area contributed by atoms with Crippen LogP contribution in [0.15, 0.2) is 40.6 Å². The first-order valence-electron chi connectivity index (χ1n) is 10.1. The molecule has 0 radical (unpaired) electrons. The van der Waals surface area contributed by atoms with E-state index in [0.29, 0.717) is 36.2 Å². The summed E-state index contributed by atoms with van der Waals surface area (Å²) in [7, 11) is 0. The Morgan fingerprint density at radius 2 is 1.97 bits per heavy atom. The lowest BCUT2D eigenvalue weighted by Gasteiger charge is -2.27. The van der Waals surface area contributed by atoms with Crippen LogP contribution in [0.25, 0.3) is 0 Å². The molecule has 1 aromatic carbocycles. The number of nitrogens with zero attached hydrogens (tertiary/aromatic N) is 5. The zero-order valence-corrected chi connectivity index (χ0v) is 18.7. The first-order chi connectivity index (χ1) is 14.7. The third-order valence-electron chi connectivity index (χ3n) is 4.19. The molecular formula is C22H30N6O3. The molecule has 166 valence electrons. The van der Waals surface area contributed by atoms with Crippen LogP contribution in [0.3, 0.4) is 0 Å². The van der Waals surface area contributed by atoms with Crippen molar-refractivity contribution >= 4 is 5.82 Å². The molecule has 0 aliphatic rings. The minimum absolute atomic E-state index is 0.0694. The average molecular weight is 427 g/mol. The summed E-state index contributed by atoms with van der Waals surface area (Å²) in [6, 6.07) is 11.0. The fourth-order valence-electron chi connectivity index (χ4n) is 2.47. The third kappa shape index (κ3) is 8.28. The average Bonchev–Trinajstić information content (AvgIpc) is 2.74. The van der Waals surface area contributed by atoms with E-state index in [1.165, 1.54) is 0 Å². The van der Waals surface area contributed by atoms with E-state index < -0.39 is 11.6 Å². The largest absolute Gasteiger partial charge is 0.489 e. The SMILES string of the molecule is Cc1cccc(OCC(O)CNC(C)(C)COc2ccc(N=NC(C)C)nn2)c1C#N. The Morgan fingerprint density at radius 1 is 1.19 bits per heavy atom. The fourth-order valence-corrected chi connectivity index (χ4v) is 2.47. The van der Waals surface area contributed by atoms with E-state index in [9.17, 15) is 10.4 Å². The Kier molecular flexibility index (Phi) is 8.85. The van der Waals surface area contributed by atoms with E-state index in [-0.39, 0.29) is 12.6 Å². The molecule has 1 unspecified atom stereocenters. The number of nitriles is 1. The van der Waals surface area contributed by atoms with Crippen LogP contribution in [0.4, 0.5) is 5.82 Å². The quantitative estimate of drug-likeness (QED) is 0.528. The maximum atomic E-state index is 10.3. The van der Waals surface area contributed by atoms with E-state index in [2.05, 4.69) is 31.8 Å². The van der Waals surface area contributed by atoms with Gasteiger partial charge in [0.1, 0.15) is 31.1 Å². The summed E-state index contributed by atoms with van der Waals surface area (Å²) in [5.41, 5.74) is 0.888. The summed E-state index contributed by atoms with van der Waals surface area (Å²) >= 11 is 0. The summed E-state index contributed by atoms with van der Waals surface area (Å²) in [5.74, 6) is 1.28. The summed E-state index contributed by atoms with van der Waals surface area (Å²) < 4.78 is 11.3. The van der Waals surface area contributed by atoms with Crippen LogP contribution in [-0.2, 0) is 0 Å². The van der Waals surface area contributed by atoms with Crippen molar-refractivity contribution < 1.29 is 14.6 Å². The van der Waals surface area contributed by atoms with E-state index >= 15 is 0 Å². The van der Waals surface area contributed by atoms with E-state index in [4.69, 9.17) is 9.47 Å². The minimum Gasteiger partial charge on any atom is -0.489 e. The lowest BCUT2D eigenvalue weighted by molar-refractivity contribution is 0.0921. The number of nitrogens with one attached hydrogen (secondary N) is 1. The molecule has 1 heterocycles. The molecule has 2 N–H and O–H groups in total. The predicted molar refractivity (Wildman–Crippen MR) is 117 cm³/mol. The highest BCUT2D eigenvalue weighted by Crippen LogP contribution is 2.21. The van der Waals surface area contributed by atoms with Gasteiger partial charge in [-0.15, -0.1) is 15.3 Å². The standard InChI is InChI=1S/C22H30N6O3/c1-15(2)25-26-20-9-10-21(28-27-20)31-14-22(4,5)24-12-17(29)13-30-19-8-6-7-16(3)18(19)11-23/h6-10,15,17,24,29H,12-14H2,1-5H3. The maximum Gasteiger partial charge on any atom is 0.233 e. The highest BCUT2D eigenvalue weighted by molar-refractivity contribution is 5.48. The number of azo groups is 1. The number of benzene rings is 1. The fraction of sp³-hybridized carbons (Fsp3) is 0.500. The maximum absolute atomic E-state index is 10.3. The molecule has 0 aliphatic heterocycles. The topological polar surface area (TPSA) is 125 Å². The first kappa shape index (κ1) is 24.2. The Labute approximate surface area is 183 Å². The first-order valence-corrected chi connectivity index (χ1v) is 10.1. The number of aliphatic hydroxyl groups is 1. The number of aromatic nitrogens is 2. The van der Waals surface area contributed by atoms with Crippen LogP contribution in [0.5, 0.6) is 11.6 Å². The molecule has 1 atom stereocenters. The lowest BCUT2D eigenvalue weighted by atomic mass is 10.1. The van der Waals surface area contributed by atoms with Crippen molar-refractivity contribution in [1.29, 1.82) is 5.26 Å². The number of hydrogen-bond donors (Lipinski definition) is 2. The van der Waals surface area contributed by atoms with Crippen LogP contribution in [-0.4, -0.2) is 52.7 Å². The summed E-state index contributed by atoms with van der Waals surface area (Å²) in [5, 5.41) is 38.7. The second-order valence-corrected chi connectivity index (χ2v) is 8.12. The Hall–Kier alpha value is -3.09. The van der Waals surface area contributed by atoms with Crippen LogP contribution < -0.4 is 14.8 Å². The van der Waals surface area contributed by atoms with Gasteiger partial charge >= 0.3 is 0 Å². The monoisotopic (exact) mass is 426 g/mol. The van der Waals surface area contributed by atoms with Gasteiger partial charge in [0.25, 0.3) is 0 Å². The Bertz CT molecular complexity index is 906. The number of hydrogen-bond acceptors (Lipinski definition) is 9. The molecule has 9 heteroatoms. The second kappa shape index (κ2) is 11.3. The zero-order valence-electron chi connectivity index (χ0n) is 18.7. The Balaban J connectivity index is 1.78. The molecule has 2 rings (SSSR count). The highest BCUT2D eigenvalue weighted by atomic mass is 16.5. The molecule has 0 saturated heterocycles. The molecule has 0 fully saturated rings. The van der Waals surface area contributed by atoms with E-state index in [0.717, 1.165) is 5.56 Å². The van der Waals surface area contributed by atoms with Crippen molar-refractivity contribution in [3.8, 4) is 17.7 Å². The normalized spacial score (nSPS) is 12.7. The number of aliphatic hydroxyl groups excluding tert-OH is 1. The molecule has 0 saturated carbocycles. The van der Waals surface area contributed by atoms with Gasteiger partial charge < -0.3 is 19.9 Å². The van der Waals surface area contributed by atoms with Gasteiger partial charge in [-0.25, -0.2) is 0 Å². The molecule has 31 heavy (non-hydrogen) atoms. The molecule has 2 aromatic rings. The van der Waals surface area contributed by atoms with Gasteiger partial charge in [-0.05, 0) is 52.3 Å². The van der Waals surface area contributed by atoms with Crippen molar-refractivity contribution in [2.45, 2.75) is 52.3 Å². The third-order valence-corrected chi connectivity index (χ3v) is 4.19. The summed E-state index contributed by atoms with van der Waals surface area (Å²) in [6.45, 7) is 10.3. The van der Waals surface area contributed by atoms with E-state index in [1.54, 1.807) is 18.2 Å². The predicted octanol–water partition coefficient (Wildman–Crippen LogP) is 3.34. The van der Waals surface area contributed by atoms with Crippen LogP contribution >= 0.6 is 0 Å². The van der Waals surface area contributed by atoms with Gasteiger partial charge in [-0.2, -0.15) is 10.4 Å². The summed E-state index contributed by atoms with van der Waals surface area (Å²) in [6.07, 6.45) is -0.753. The molecular weight excluding hydrogens is 396 g/mol. The van der Waals surface area contributed by atoms with Crippen molar-refractivity contribution in [3.63, 3.8) is 0 Å². The van der Waals surface area contributed by atoms with Gasteiger partial charge in [0.2, 0.25) is 5.88 Å². The zero-order chi connectivity index (χ0) is 22.9. The number of β-amino-alcohol motifs (C(OH)–C–C–N with tert-alkyl or cyclic N) is 1. The summed E-state index contributed by atoms with van der Waals surface area (Å²) in [4.78, 5) is 0. The Morgan fingerprint density at radius 3 is 2.61 bits per heavy atom. The van der Waals surface area contributed by atoms with Crippen molar-refractivity contribution in [1.82, 2.24) is 15.5 Å².